The highest BCUT2D eigenvalue weighted by Crippen LogP contribution is 2.18. The molecule has 0 bridgehead atoms. The Morgan fingerprint density at radius 1 is 1.35 bits per heavy atom. The standard InChI is InChI=1S/C13H27N3O3.ClH/c1-13(2,3)11(14)12(18)16(4)9-10(17)15-7-6-8-19-5;/h11H,6-9,14H2,1-5H3,(H,15,17);1H/t11-;/m1./s1. The fourth-order valence-corrected chi connectivity index (χ4v) is 1.40. The van der Waals surface area contributed by atoms with Gasteiger partial charge < -0.3 is 20.7 Å². The normalized spacial score (nSPS) is 12.3. The summed E-state index contributed by atoms with van der Waals surface area (Å²) in [6.45, 7) is 6.86. The van der Waals surface area contributed by atoms with Gasteiger partial charge in [-0.1, -0.05) is 20.8 Å². The summed E-state index contributed by atoms with van der Waals surface area (Å²) in [5.41, 5.74) is 5.55. The molecule has 2 amide bonds. The maximum atomic E-state index is 12.0. The Hall–Kier alpha value is -0.850. The molecule has 0 aliphatic carbocycles. The minimum Gasteiger partial charge on any atom is -0.385 e. The van der Waals surface area contributed by atoms with Gasteiger partial charge in [0.1, 0.15) is 0 Å². The van der Waals surface area contributed by atoms with Gasteiger partial charge in [0.15, 0.2) is 0 Å². The van der Waals surface area contributed by atoms with E-state index in [-0.39, 0.29) is 36.2 Å². The van der Waals surface area contributed by atoms with Crippen molar-refractivity contribution in [3.8, 4) is 0 Å². The Morgan fingerprint density at radius 2 is 1.90 bits per heavy atom. The van der Waals surface area contributed by atoms with Gasteiger partial charge in [0.05, 0.1) is 12.6 Å². The zero-order chi connectivity index (χ0) is 15.1. The van der Waals surface area contributed by atoms with Crippen LogP contribution in [0.15, 0.2) is 0 Å². The van der Waals surface area contributed by atoms with E-state index in [9.17, 15) is 9.59 Å². The van der Waals surface area contributed by atoms with Crippen LogP contribution in [-0.4, -0.2) is 56.6 Å². The Morgan fingerprint density at radius 3 is 2.35 bits per heavy atom. The zero-order valence-corrected chi connectivity index (χ0v) is 13.9. The minimum absolute atomic E-state index is 0. The Balaban J connectivity index is 0. The first kappa shape index (κ1) is 21.4. The number of nitrogens with two attached hydrogens (primary N) is 1. The van der Waals surface area contributed by atoms with E-state index in [4.69, 9.17) is 10.5 Å². The topological polar surface area (TPSA) is 84.7 Å². The number of nitrogens with zero attached hydrogens (tertiary/aromatic N) is 1. The number of hydrogen-bond acceptors (Lipinski definition) is 4. The zero-order valence-electron chi connectivity index (χ0n) is 13.1. The van der Waals surface area contributed by atoms with Crippen LogP contribution in [0.25, 0.3) is 0 Å². The number of halogens is 1. The fraction of sp³-hybridized carbons (Fsp3) is 0.846. The number of methoxy groups -OCH3 is 1. The van der Waals surface area contributed by atoms with Crippen LogP contribution in [0.1, 0.15) is 27.2 Å². The second-order valence-electron chi connectivity index (χ2n) is 5.73. The number of nitrogens with one attached hydrogen (secondary N) is 1. The van der Waals surface area contributed by atoms with Crippen molar-refractivity contribution in [2.24, 2.45) is 11.1 Å². The molecule has 0 aromatic rings. The summed E-state index contributed by atoms with van der Waals surface area (Å²) in [4.78, 5) is 25.0. The number of rotatable bonds is 7. The molecule has 0 aromatic carbocycles. The average molecular weight is 310 g/mol. The molecule has 0 spiro atoms. The first-order valence-corrected chi connectivity index (χ1v) is 6.46. The number of ether oxygens (including phenoxy) is 1. The molecule has 0 unspecified atom stereocenters. The maximum absolute atomic E-state index is 12.0. The van der Waals surface area contributed by atoms with E-state index in [2.05, 4.69) is 5.32 Å². The summed E-state index contributed by atoms with van der Waals surface area (Å²) in [7, 11) is 3.20. The highest BCUT2D eigenvalue weighted by atomic mass is 35.5. The SMILES string of the molecule is COCCCNC(=O)CN(C)C(=O)[C@@H](N)C(C)(C)C.Cl. The Labute approximate surface area is 127 Å². The average Bonchev–Trinajstić information content (AvgIpc) is 2.31. The second kappa shape index (κ2) is 9.96. The molecule has 0 aliphatic rings. The monoisotopic (exact) mass is 309 g/mol. The fourth-order valence-electron chi connectivity index (χ4n) is 1.40. The van der Waals surface area contributed by atoms with Crippen LogP contribution in [0, 0.1) is 5.41 Å². The molecule has 120 valence electrons. The number of carbonyl (C=O) groups is 2. The summed E-state index contributed by atoms with van der Waals surface area (Å²) < 4.78 is 4.88. The largest absolute Gasteiger partial charge is 0.385 e. The van der Waals surface area contributed by atoms with Crippen molar-refractivity contribution in [3.05, 3.63) is 0 Å². The first-order valence-electron chi connectivity index (χ1n) is 6.46. The predicted molar refractivity (Wildman–Crippen MR) is 81.8 cm³/mol. The minimum atomic E-state index is -0.612. The summed E-state index contributed by atoms with van der Waals surface area (Å²) in [6.07, 6.45) is 0.751. The van der Waals surface area contributed by atoms with Gasteiger partial charge in [-0.15, -0.1) is 12.4 Å². The van der Waals surface area contributed by atoms with E-state index >= 15 is 0 Å². The van der Waals surface area contributed by atoms with Gasteiger partial charge in [0.25, 0.3) is 0 Å². The third kappa shape index (κ3) is 8.35. The van der Waals surface area contributed by atoms with E-state index in [0.717, 1.165) is 6.42 Å². The maximum Gasteiger partial charge on any atom is 0.240 e. The molecule has 6 nitrogen and oxygen atoms in total. The van der Waals surface area contributed by atoms with Crippen LogP contribution in [0.5, 0.6) is 0 Å². The van der Waals surface area contributed by atoms with Crippen LogP contribution >= 0.6 is 12.4 Å². The lowest BCUT2D eigenvalue weighted by Gasteiger charge is -2.29. The lowest BCUT2D eigenvalue weighted by molar-refractivity contribution is -0.137. The Bertz CT molecular complexity index is 306. The van der Waals surface area contributed by atoms with Crippen molar-refractivity contribution in [3.63, 3.8) is 0 Å². The predicted octanol–water partition coefficient (Wildman–Crippen LogP) is 0.393. The summed E-state index contributed by atoms with van der Waals surface area (Å²) in [6, 6.07) is -0.612. The molecule has 0 aromatic heterocycles. The summed E-state index contributed by atoms with van der Waals surface area (Å²) >= 11 is 0. The molecule has 0 rings (SSSR count). The molecule has 1 atom stereocenters. The number of likely N-dealkylation sites (N-methyl/N-ethyl adjacent to an activating group) is 1. The van der Waals surface area contributed by atoms with Crippen molar-refractivity contribution in [2.45, 2.75) is 33.2 Å². The molecule has 0 aliphatic heterocycles. The lowest BCUT2D eigenvalue weighted by atomic mass is 9.86. The van der Waals surface area contributed by atoms with Gasteiger partial charge >= 0.3 is 0 Å². The van der Waals surface area contributed by atoms with E-state index in [1.165, 1.54) is 4.90 Å². The molecule has 0 radical (unpaired) electrons. The van der Waals surface area contributed by atoms with Crippen LogP contribution in [0.4, 0.5) is 0 Å². The summed E-state index contributed by atoms with van der Waals surface area (Å²) in [5, 5.41) is 2.73. The number of amides is 2. The van der Waals surface area contributed by atoms with E-state index < -0.39 is 6.04 Å². The van der Waals surface area contributed by atoms with E-state index in [0.29, 0.717) is 13.2 Å². The van der Waals surface area contributed by atoms with Gasteiger partial charge in [-0.05, 0) is 11.8 Å². The lowest BCUT2D eigenvalue weighted by Crippen LogP contribution is -2.51. The van der Waals surface area contributed by atoms with Gasteiger partial charge in [-0.3, -0.25) is 9.59 Å². The van der Waals surface area contributed by atoms with Gasteiger partial charge in [0, 0.05) is 27.3 Å². The quantitative estimate of drug-likeness (QED) is 0.666. The van der Waals surface area contributed by atoms with Crippen molar-refractivity contribution in [1.29, 1.82) is 0 Å². The number of hydrogen-bond donors (Lipinski definition) is 2. The van der Waals surface area contributed by atoms with Crippen LogP contribution in [0.2, 0.25) is 0 Å². The Kier molecular flexibility index (Phi) is 10.7. The van der Waals surface area contributed by atoms with Gasteiger partial charge in [-0.2, -0.15) is 0 Å². The van der Waals surface area contributed by atoms with Gasteiger partial charge in [-0.25, -0.2) is 0 Å². The molecule has 7 heteroatoms. The van der Waals surface area contributed by atoms with Crippen molar-refractivity contribution in [1.82, 2.24) is 10.2 Å². The van der Waals surface area contributed by atoms with E-state index in [1.807, 2.05) is 20.8 Å². The molecule has 20 heavy (non-hydrogen) atoms. The highest BCUT2D eigenvalue weighted by molar-refractivity contribution is 5.87. The molecule has 3 N–H and O–H groups in total. The number of carbonyl (C=O) groups excluding carboxylic acids is 2. The van der Waals surface area contributed by atoms with Gasteiger partial charge in [0.2, 0.25) is 11.8 Å². The highest BCUT2D eigenvalue weighted by Gasteiger charge is 2.30. The summed E-state index contributed by atoms with van der Waals surface area (Å²) in [5.74, 6) is -0.410. The van der Waals surface area contributed by atoms with Crippen molar-refractivity contribution >= 4 is 24.2 Å². The third-order valence-electron chi connectivity index (χ3n) is 2.80. The van der Waals surface area contributed by atoms with E-state index in [1.54, 1.807) is 14.2 Å². The second-order valence-corrected chi connectivity index (χ2v) is 5.73. The molecule has 0 heterocycles. The van der Waals surface area contributed by atoms with Crippen LogP contribution in [0.3, 0.4) is 0 Å². The van der Waals surface area contributed by atoms with Crippen molar-refractivity contribution in [2.75, 3.05) is 33.9 Å². The molecular formula is C13H28ClN3O3. The van der Waals surface area contributed by atoms with Crippen LogP contribution in [-0.2, 0) is 14.3 Å². The van der Waals surface area contributed by atoms with Crippen molar-refractivity contribution < 1.29 is 14.3 Å². The van der Waals surface area contributed by atoms with Crippen LogP contribution < -0.4 is 11.1 Å². The third-order valence-corrected chi connectivity index (χ3v) is 2.80. The molecular weight excluding hydrogens is 282 g/mol. The first-order chi connectivity index (χ1) is 8.70. The molecule has 0 fully saturated rings. The molecule has 0 saturated carbocycles. The molecule has 0 saturated heterocycles. The smallest absolute Gasteiger partial charge is 0.240 e.